The first-order valence-corrected chi connectivity index (χ1v) is 9.18. The Morgan fingerprint density at radius 1 is 1.25 bits per heavy atom. The SMILES string of the molecule is Nc1ncnc2c1c(C(=O)Nc1n[nH]c3cccc(F)c13)cn2C1CCCC1. The van der Waals surface area contributed by atoms with E-state index in [4.69, 9.17) is 5.73 Å². The number of hydrogen-bond donors (Lipinski definition) is 3. The maximum Gasteiger partial charge on any atom is 0.259 e. The van der Waals surface area contributed by atoms with Crippen molar-refractivity contribution in [2.45, 2.75) is 31.7 Å². The topological polar surface area (TPSA) is 115 Å². The summed E-state index contributed by atoms with van der Waals surface area (Å²) in [6, 6.07) is 4.88. The third kappa shape index (κ3) is 2.50. The minimum absolute atomic E-state index is 0.135. The number of H-pyrrole nitrogens is 1. The normalized spacial score (nSPS) is 14.9. The molecule has 0 spiro atoms. The Bertz CT molecular complexity index is 1210. The smallest absolute Gasteiger partial charge is 0.259 e. The second-order valence-corrected chi connectivity index (χ2v) is 7.03. The van der Waals surface area contributed by atoms with Crippen LogP contribution in [0, 0.1) is 5.82 Å². The van der Waals surface area contributed by atoms with Crippen molar-refractivity contribution >= 4 is 39.5 Å². The highest BCUT2D eigenvalue weighted by Crippen LogP contribution is 2.35. The van der Waals surface area contributed by atoms with Gasteiger partial charge < -0.3 is 15.6 Å². The van der Waals surface area contributed by atoms with Gasteiger partial charge in [0.25, 0.3) is 5.91 Å². The van der Waals surface area contributed by atoms with Crippen LogP contribution in [0.1, 0.15) is 42.1 Å². The summed E-state index contributed by atoms with van der Waals surface area (Å²) >= 11 is 0. The Balaban J connectivity index is 1.59. The van der Waals surface area contributed by atoms with Crippen LogP contribution in [0.15, 0.2) is 30.7 Å². The van der Waals surface area contributed by atoms with E-state index in [0.717, 1.165) is 25.7 Å². The third-order valence-corrected chi connectivity index (χ3v) is 5.37. The quantitative estimate of drug-likeness (QED) is 0.505. The molecule has 28 heavy (non-hydrogen) atoms. The van der Waals surface area contributed by atoms with Crippen LogP contribution in [0.4, 0.5) is 16.0 Å². The van der Waals surface area contributed by atoms with E-state index in [1.54, 1.807) is 18.3 Å². The molecule has 0 aliphatic heterocycles. The second-order valence-electron chi connectivity index (χ2n) is 7.03. The van der Waals surface area contributed by atoms with E-state index in [1.807, 2.05) is 4.57 Å². The highest BCUT2D eigenvalue weighted by molar-refractivity contribution is 6.16. The Morgan fingerprint density at radius 3 is 2.89 bits per heavy atom. The number of hydrogen-bond acceptors (Lipinski definition) is 5. The summed E-state index contributed by atoms with van der Waals surface area (Å²) in [5, 5.41) is 10.2. The van der Waals surface area contributed by atoms with Crippen LogP contribution in [-0.2, 0) is 0 Å². The summed E-state index contributed by atoms with van der Waals surface area (Å²) < 4.78 is 16.2. The van der Waals surface area contributed by atoms with E-state index in [0.29, 0.717) is 22.1 Å². The fourth-order valence-corrected chi connectivity index (χ4v) is 4.04. The minimum Gasteiger partial charge on any atom is -0.383 e. The number of carbonyl (C=O) groups excluding carboxylic acids is 1. The predicted octanol–water partition coefficient (Wildman–Crippen LogP) is 3.40. The molecule has 1 fully saturated rings. The van der Waals surface area contributed by atoms with Gasteiger partial charge >= 0.3 is 0 Å². The number of carbonyl (C=O) groups is 1. The number of nitrogens with one attached hydrogen (secondary N) is 2. The number of halogens is 1. The van der Waals surface area contributed by atoms with Gasteiger partial charge in [-0.3, -0.25) is 9.89 Å². The van der Waals surface area contributed by atoms with E-state index in [9.17, 15) is 9.18 Å². The predicted molar refractivity (Wildman–Crippen MR) is 103 cm³/mol. The summed E-state index contributed by atoms with van der Waals surface area (Å²) in [4.78, 5) is 21.5. The highest BCUT2D eigenvalue weighted by Gasteiger charge is 2.25. The molecular formula is C19H18FN7O. The van der Waals surface area contributed by atoms with Gasteiger partial charge in [0.1, 0.15) is 23.6 Å². The van der Waals surface area contributed by atoms with E-state index >= 15 is 0 Å². The Labute approximate surface area is 159 Å². The molecule has 0 radical (unpaired) electrons. The van der Waals surface area contributed by atoms with Gasteiger partial charge in [-0.1, -0.05) is 18.9 Å². The van der Waals surface area contributed by atoms with Crippen LogP contribution in [0.2, 0.25) is 0 Å². The van der Waals surface area contributed by atoms with Gasteiger partial charge in [0, 0.05) is 12.2 Å². The van der Waals surface area contributed by atoms with E-state index in [2.05, 4.69) is 25.5 Å². The van der Waals surface area contributed by atoms with Crippen molar-refractivity contribution in [1.29, 1.82) is 0 Å². The zero-order chi connectivity index (χ0) is 19.3. The number of anilines is 2. The van der Waals surface area contributed by atoms with E-state index in [-0.39, 0.29) is 23.1 Å². The molecule has 1 aliphatic carbocycles. The maximum absolute atomic E-state index is 14.2. The number of nitrogens with zero attached hydrogens (tertiary/aromatic N) is 4. The average Bonchev–Trinajstić information content (AvgIpc) is 3.40. The van der Waals surface area contributed by atoms with Gasteiger partial charge in [0.15, 0.2) is 5.82 Å². The molecule has 0 unspecified atom stereocenters. The number of benzene rings is 1. The molecule has 0 bridgehead atoms. The molecule has 3 heterocycles. The van der Waals surface area contributed by atoms with Crippen molar-refractivity contribution in [2.75, 3.05) is 11.1 Å². The standard InChI is InChI=1S/C19H18FN7O/c20-12-6-3-7-13-15(12)17(26-25-13)24-19(28)11-8-27(10-4-1-2-5-10)18-14(11)16(21)22-9-23-18/h3,6-10H,1-2,4-5H2,(H2,21,22,23)(H2,24,25,26,28). The molecule has 8 nitrogen and oxygen atoms in total. The first-order valence-electron chi connectivity index (χ1n) is 9.18. The molecule has 142 valence electrons. The van der Waals surface area contributed by atoms with Crippen molar-refractivity contribution in [3.63, 3.8) is 0 Å². The van der Waals surface area contributed by atoms with Gasteiger partial charge in [-0.2, -0.15) is 5.10 Å². The Hall–Kier alpha value is -3.49. The monoisotopic (exact) mass is 379 g/mol. The summed E-state index contributed by atoms with van der Waals surface area (Å²) in [5.41, 5.74) is 7.57. The Morgan fingerprint density at radius 2 is 2.07 bits per heavy atom. The molecule has 9 heteroatoms. The van der Waals surface area contributed by atoms with Crippen LogP contribution < -0.4 is 11.1 Å². The lowest BCUT2D eigenvalue weighted by Crippen LogP contribution is -2.13. The van der Waals surface area contributed by atoms with Crippen LogP contribution in [0.3, 0.4) is 0 Å². The molecule has 0 saturated heterocycles. The van der Waals surface area contributed by atoms with Crippen LogP contribution in [0.25, 0.3) is 21.9 Å². The molecule has 1 saturated carbocycles. The summed E-state index contributed by atoms with van der Waals surface area (Å²) in [6.07, 6.45) is 7.53. The lowest BCUT2D eigenvalue weighted by atomic mass is 10.2. The fourth-order valence-electron chi connectivity index (χ4n) is 4.04. The first-order chi connectivity index (χ1) is 13.6. The van der Waals surface area contributed by atoms with Crippen LogP contribution in [0.5, 0.6) is 0 Å². The number of nitrogens with two attached hydrogens (primary N) is 1. The lowest BCUT2D eigenvalue weighted by Gasteiger charge is -2.12. The number of nitrogen functional groups attached to an aromatic ring is 1. The Kier molecular flexibility index (Phi) is 3.75. The van der Waals surface area contributed by atoms with Gasteiger partial charge in [0.2, 0.25) is 0 Å². The lowest BCUT2D eigenvalue weighted by molar-refractivity contribution is 0.102. The van der Waals surface area contributed by atoms with Crippen LogP contribution >= 0.6 is 0 Å². The molecule has 4 N–H and O–H groups in total. The first kappa shape index (κ1) is 16.7. The highest BCUT2D eigenvalue weighted by atomic mass is 19.1. The van der Waals surface area contributed by atoms with Crippen molar-refractivity contribution in [3.8, 4) is 0 Å². The third-order valence-electron chi connectivity index (χ3n) is 5.37. The molecular weight excluding hydrogens is 361 g/mol. The van der Waals surface area contributed by atoms with Crippen molar-refractivity contribution in [1.82, 2.24) is 24.7 Å². The second kappa shape index (κ2) is 6.29. The largest absolute Gasteiger partial charge is 0.383 e. The van der Waals surface area contributed by atoms with Crippen molar-refractivity contribution in [2.24, 2.45) is 0 Å². The number of amides is 1. The molecule has 0 atom stereocenters. The molecule has 4 aromatic rings. The average molecular weight is 379 g/mol. The number of fused-ring (bicyclic) bond motifs is 2. The molecule has 1 aromatic carbocycles. The summed E-state index contributed by atoms with van der Waals surface area (Å²) in [5.74, 6) is -0.516. The number of aromatic amines is 1. The fraction of sp³-hybridized carbons (Fsp3) is 0.263. The molecule has 3 aromatic heterocycles. The van der Waals surface area contributed by atoms with Gasteiger partial charge in [-0.25, -0.2) is 14.4 Å². The zero-order valence-corrected chi connectivity index (χ0v) is 14.9. The van der Waals surface area contributed by atoms with Crippen molar-refractivity contribution < 1.29 is 9.18 Å². The van der Waals surface area contributed by atoms with Gasteiger partial charge in [-0.15, -0.1) is 0 Å². The van der Waals surface area contributed by atoms with Crippen molar-refractivity contribution in [3.05, 3.63) is 42.1 Å². The zero-order valence-electron chi connectivity index (χ0n) is 14.9. The number of rotatable bonds is 3. The van der Waals surface area contributed by atoms with Crippen LogP contribution in [-0.4, -0.2) is 30.6 Å². The van der Waals surface area contributed by atoms with E-state index in [1.165, 1.54) is 12.4 Å². The molecule has 1 aliphatic rings. The molecule has 1 amide bonds. The van der Waals surface area contributed by atoms with E-state index < -0.39 is 11.7 Å². The minimum atomic E-state index is -0.460. The van der Waals surface area contributed by atoms with Gasteiger partial charge in [0.05, 0.1) is 21.9 Å². The summed E-state index contributed by atoms with van der Waals surface area (Å²) in [6.45, 7) is 0. The maximum atomic E-state index is 14.2. The van der Waals surface area contributed by atoms with Gasteiger partial charge in [-0.05, 0) is 25.0 Å². The molecule has 5 rings (SSSR count). The number of aromatic nitrogens is 5. The summed E-state index contributed by atoms with van der Waals surface area (Å²) in [7, 11) is 0.